The molecule has 3 nitrogen and oxygen atoms in total. The molecular weight excluding hydrogens is 268 g/mol. The van der Waals surface area contributed by atoms with Crippen molar-refractivity contribution in [1.29, 1.82) is 0 Å². The lowest BCUT2D eigenvalue weighted by Gasteiger charge is -2.14. The van der Waals surface area contributed by atoms with Crippen LogP contribution in [0.5, 0.6) is 5.75 Å². The van der Waals surface area contributed by atoms with Gasteiger partial charge in [-0.2, -0.15) is 0 Å². The first-order chi connectivity index (χ1) is 9.69. The number of ether oxygens (including phenoxy) is 1. The maximum absolute atomic E-state index is 5.45. The van der Waals surface area contributed by atoms with Gasteiger partial charge < -0.3 is 10.1 Å². The van der Waals surface area contributed by atoms with Crippen LogP contribution in [-0.2, 0) is 6.42 Å². The molecule has 0 fully saturated rings. The van der Waals surface area contributed by atoms with Gasteiger partial charge in [-0.1, -0.05) is 12.1 Å². The van der Waals surface area contributed by atoms with Crippen LogP contribution in [0, 0.1) is 6.92 Å². The van der Waals surface area contributed by atoms with E-state index in [9.17, 15) is 0 Å². The second-order valence-electron chi connectivity index (χ2n) is 4.81. The molecule has 1 aromatic heterocycles. The third-order valence-electron chi connectivity index (χ3n) is 3.15. The van der Waals surface area contributed by atoms with Gasteiger partial charge in [-0.25, -0.2) is 4.98 Å². The van der Waals surface area contributed by atoms with Gasteiger partial charge in [0.05, 0.1) is 11.6 Å². The number of nitrogens with zero attached hydrogens (tertiary/aromatic N) is 1. The summed E-state index contributed by atoms with van der Waals surface area (Å²) in [5.74, 6) is 0.932. The van der Waals surface area contributed by atoms with E-state index in [1.165, 1.54) is 10.6 Å². The second-order valence-corrected chi connectivity index (χ2v) is 5.75. The van der Waals surface area contributed by atoms with E-state index >= 15 is 0 Å². The topological polar surface area (TPSA) is 34.1 Å². The van der Waals surface area contributed by atoms with Crippen molar-refractivity contribution in [1.82, 2.24) is 10.3 Å². The van der Waals surface area contributed by atoms with Gasteiger partial charge >= 0.3 is 0 Å². The maximum atomic E-state index is 5.45. The Balaban J connectivity index is 1.80. The molecule has 2 rings (SSSR count). The van der Waals surface area contributed by atoms with Crippen molar-refractivity contribution in [3.63, 3.8) is 0 Å². The van der Waals surface area contributed by atoms with Gasteiger partial charge in [0.2, 0.25) is 0 Å². The average Bonchev–Trinajstić information content (AvgIpc) is 2.85. The highest BCUT2D eigenvalue weighted by Crippen LogP contribution is 2.17. The first kappa shape index (κ1) is 15.0. The van der Waals surface area contributed by atoms with Gasteiger partial charge in [-0.05, 0) is 38.5 Å². The minimum Gasteiger partial charge on any atom is -0.494 e. The second kappa shape index (κ2) is 7.41. The largest absolute Gasteiger partial charge is 0.494 e. The fraction of sp³-hybridized carbons (Fsp3) is 0.438. The van der Waals surface area contributed by atoms with E-state index in [4.69, 9.17) is 4.74 Å². The van der Waals surface area contributed by atoms with Crippen molar-refractivity contribution >= 4 is 11.3 Å². The number of rotatable bonds is 7. The van der Waals surface area contributed by atoms with Gasteiger partial charge in [0.15, 0.2) is 0 Å². The maximum Gasteiger partial charge on any atom is 0.119 e. The molecule has 0 saturated carbocycles. The summed E-state index contributed by atoms with van der Waals surface area (Å²) in [6, 6.07) is 8.64. The van der Waals surface area contributed by atoms with Crippen molar-refractivity contribution in [2.75, 3.05) is 13.2 Å². The van der Waals surface area contributed by atoms with Gasteiger partial charge in [-0.15, -0.1) is 11.3 Å². The summed E-state index contributed by atoms with van der Waals surface area (Å²) >= 11 is 1.74. The van der Waals surface area contributed by atoms with Crippen LogP contribution in [0.1, 0.15) is 36.2 Å². The van der Waals surface area contributed by atoms with Crippen LogP contribution in [0.15, 0.2) is 29.6 Å². The molecule has 0 bridgehead atoms. The Bertz CT molecular complexity index is 522. The number of hydrogen-bond donors (Lipinski definition) is 1. The first-order valence-electron chi connectivity index (χ1n) is 7.06. The Hall–Kier alpha value is -1.39. The van der Waals surface area contributed by atoms with Crippen LogP contribution >= 0.6 is 11.3 Å². The Kier molecular flexibility index (Phi) is 5.56. The van der Waals surface area contributed by atoms with Crippen molar-refractivity contribution in [2.45, 2.75) is 33.2 Å². The monoisotopic (exact) mass is 290 g/mol. The lowest BCUT2D eigenvalue weighted by molar-refractivity contribution is 0.340. The molecule has 0 spiro atoms. The third-order valence-corrected chi connectivity index (χ3v) is 4.17. The van der Waals surface area contributed by atoms with Crippen molar-refractivity contribution in [2.24, 2.45) is 0 Å². The molecule has 0 aliphatic rings. The molecule has 108 valence electrons. The van der Waals surface area contributed by atoms with Gasteiger partial charge in [0.25, 0.3) is 0 Å². The molecule has 2 aromatic rings. The molecule has 1 atom stereocenters. The fourth-order valence-corrected chi connectivity index (χ4v) is 2.83. The molecular formula is C16H22N2OS. The first-order valence-corrected chi connectivity index (χ1v) is 7.94. The number of aromatic nitrogens is 1. The highest BCUT2D eigenvalue weighted by atomic mass is 32.1. The average molecular weight is 290 g/mol. The molecule has 0 amide bonds. The summed E-state index contributed by atoms with van der Waals surface area (Å²) < 4.78 is 5.45. The van der Waals surface area contributed by atoms with Gasteiger partial charge in [0.1, 0.15) is 5.75 Å². The van der Waals surface area contributed by atoms with Crippen LogP contribution in [0.4, 0.5) is 0 Å². The van der Waals surface area contributed by atoms with Crippen molar-refractivity contribution < 1.29 is 4.74 Å². The van der Waals surface area contributed by atoms with Crippen molar-refractivity contribution in [3.05, 3.63) is 45.9 Å². The number of hydrogen-bond acceptors (Lipinski definition) is 4. The number of aryl methyl sites for hydroxylation is 1. The predicted octanol–water partition coefficient (Wildman–Crippen LogP) is 3.74. The third kappa shape index (κ3) is 4.32. The fourth-order valence-electron chi connectivity index (χ4n) is 2.05. The predicted molar refractivity (Wildman–Crippen MR) is 84.6 cm³/mol. The van der Waals surface area contributed by atoms with E-state index in [0.29, 0.717) is 12.6 Å². The Labute approximate surface area is 125 Å². The molecule has 4 heteroatoms. The van der Waals surface area contributed by atoms with Crippen LogP contribution in [0.25, 0.3) is 0 Å². The van der Waals surface area contributed by atoms with E-state index in [0.717, 1.165) is 24.4 Å². The molecule has 1 N–H and O–H groups in total. The number of nitrogens with one attached hydrogen (secondary N) is 1. The minimum atomic E-state index is 0.340. The molecule has 0 aliphatic carbocycles. The summed E-state index contributed by atoms with van der Waals surface area (Å²) in [7, 11) is 0. The van der Waals surface area contributed by atoms with Crippen molar-refractivity contribution in [3.8, 4) is 5.75 Å². The summed E-state index contributed by atoms with van der Waals surface area (Å²) in [6.07, 6.45) is 0.986. The minimum absolute atomic E-state index is 0.340. The lowest BCUT2D eigenvalue weighted by atomic mass is 10.1. The van der Waals surface area contributed by atoms with E-state index in [1.54, 1.807) is 11.3 Å². The lowest BCUT2D eigenvalue weighted by Crippen LogP contribution is -2.21. The standard InChI is InChI=1S/C16H22N2OS/c1-4-19-15-7-5-14(6-8-15)13(3)17-10-9-16-18-12(2)11-20-16/h5-8,11,13,17H,4,9-10H2,1-3H3. The number of benzene rings is 1. The highest BCUT2D eigenvalue weighted by Gasteiger charge is 2.05. The molecule has 0 radical (unpaired) electrons. The van der Waals surface area contributed by atoms with E-state index in [-0.39, 0.29) is 0 Å². The van der Waals surface area contributed by atoms with Crippen LogP contribution in [0.3, 0.4) is 0 Å². The summed E-state index contributed by atoms with van der Waals surface area (Å²) in [4.78, 5) is 4.47. The molecule has 20 heavy (non-hydrogen) atoms. The SMILES string of the molecule is CCOc1ccc(C(C)NCCc2nc(C)cs2)cc1. The summed E-state index contributed by atoms with van der Waals surface area (Å²) in [5.41, 5.74) is 2.40. The molecule has 1 aromatic carbocycles. The van der Waals surface area contributed by atoms with Gasteiger partial charge in [-0.3, -0.25) is 0 Å². The molecule has 0 saturated heterocycles. The zero-order valence-electron chi connectivity index (χ0n) is 12.3. The Morgan fingerprint density at radius 1 is 1.30 bits per heavy atom. The van der Waals surface area contributed by atoms with Crippen LogP contribution in [0.2, 0.25) is 0 Å². The molecule has 1 heterocycles. The van der Waals surface area contributed by atoms with Crippen LogP contribution in [-0.4, -0.2) is 18.1 Å². The highest BCUT2D eigenvalue weighted by molar-refractivity contribution is 7.09. The normalized spacial score (nSPS) is 12.3. The number of thiazole rings is 1. The smallest absolute Gasteiger partial charge is 0.119 e. The summed E-state index contributed by atoms with van der Waals surface area (Å²) in [5, 5.41) is 6.84. The van der Waals surface area contributed by atoms with E-state index in [1.807, 2.05) is 26.0 Å². The Morgan fingerprint density at radius 3 is 2.65 bits per heavy atom. The molecule has 1 unspecified atom stereocenters. The zero-order chi connectivity index (χ0) is 14.4. The quantitative estimate of drug-likeness (QED) is 0.843. The van der Waals surface area contributed by atoms with E-state index in [2.05, 4.69) is 34.7 Å². The van der Waals surface area contributed by atoms with E-state index < -0.39 is 0 Å². The zero-order valence-corrected chi connectivity index (χ0v) is 13.2. The Morgan fingerprint density at radius 2 is 2.05 bits per heavy atom. The molecule has 0 aliphatic heterocycles. The summed E-state index contributed by atoms with van der Waals surface area (Å²) in [6.45, 7) is 7.87. The van der Waals surface area contributed by atoms with Crippen LogP contribution < -0.4 is 10.1 Å². The van der Waals surface area contributed by atoms with Gasteiger partial charge in [0, 0.05) is 30.1 Å².